The maximum atomic E-state index is 13.0. The minimum Gasteiger partial charge on any atom is -0.460 e. The van der Waals surface area contributed by atoms with E-state index < -0.39 is 134 Å². The fourth-order valence-electron chi connectivity index (χ4n) is 16.5. The molecule has 0 aromatic rings. The van der Waals surface area contributed by atoms with Gasteiger partial charge in [0.25, 0.3) is 0 Å². The molecule has 418 valence electrons. The van der Waals surface area contributed by atoms with Gasteiger partial charge in [0, 0.05) is 44.1 Å². The molecule has 6 N–H and O–H groups in total. The molecule has 74 heavy (non-hydrogen) atoms. The van der Waals surface area contributed by atoms with E-state index in [1.165, 1.54) is 13.0 Å². The molecular weight excluding hydrogens is 969 g/mol. The maximum absolute atomic E-state index is 13.0. The first kappa shape index (κ1) is 56.1. The Morgan fingerprint density at radius 1 is 0.716 bits per heavy atom. The Hall–Kier alpha value is -2.67. The van der Waals surface area contributed by atoms with Gasteiger partial charge in [-0.3, -0.25) is 9.59 Å². The molecule has 9 rings (SSSR count). The van der Waals surface area contributed by atoms with Crippen LogP contribution in [0, 0.1) is 45.3 Å². The smallest absolute Gasteiger partial charge is 0.330 e. The molecule has 0 aromatic carbocycles. The average molecular weight is 1050 g/mol. The fourth-order valence-corrected chi connectivity index (χ4v) is 16.5. The highest BCUT2D eigenvalue weighted by atomic mass is 16.8. The Morgan fingerprint density at radius 2 is 1.39 bits per heavy atom. The summed E-state index contributed by atoms with van der Waals surface area (Å²) in [6.45, 7) is 18.6. The highest BCUT2D eigenvalue weighted by Gasteiger charge is 2.81. The first-order valence-electron chi connectivity index (χ1n) is 26.8. The molecule has 9 aliphatic rings. The van der Waals surface area contributed by atoms with E-state index in [4.69, 9.17) is 52.1 Å². The second-order valence-electron chi connectivity index (χ2n) is 24.6. The number of aliphatic hydroxyl groups is 6. The normalized spacial score (nSPS) is 50.4. The third-order valence-corrected chi connectivity index (χ3v) is 19.4. The summed E-state index contributed by atoms with van der Waals surface area (Å²) < 4.78 is 68.3. The van der Waals surface area contributed by atoms with Gasteiger partial charge in [-0.15, -0.1) is 0 Å². The third-order valence-electron chi connectivity index (χ3n) is 19.4. The van der Waals surface area contributed by atoms with Crippen molar-refractivity contribution < 1.29 is 97.1 Å². The van der Waals surface area contributed by atoms with Gasteiger partial charge in [0.2, 0.25) is 0 Å². The van der Waals surface area contributed by atoms with Crippen molar-refractivity contribution in [1.82, 2.24) is 0 Å². The minimum atomic E-state index is -1.84. The molecule has 2 bridgehead atoms. The second-order valence-corrected chi connectivity index (χ2v) is 24.6. The lowest BCUT2D eigenvalue weighted by atomic mass is 9.35. The van der Waals surface area contributed by atoms with Crippen LogP contribution in [0.3, 0.4) is 0 Å². The van der Waals surface area contributed by atoms with Gasteiger partial charge in [-0.2, -0.15) is 0 Å². The van der Waals surface area contributed by atoms with Crippen LogP contribution in [-0.4, -0.2) is 178 Å². The van der Waals surface area contributed by atoms with Crippen LogP contribution in [0.25, 0.3) is 0 Å². The molecule has 24 atom stereocenters. The van der Waals surface area contributed by atoms with E-state index in [1.54, 1.807) is 6.92 Å². The van der Waals surface area contributed by atoms with Crippen molar-refractivity contribution >= 4 is 17.9 Å². The number of hydrogen-bond acceptors (Lipinski definition) is 20. The number of rotatable bonds is 12. The van der Waals surface area contributed by atoms with Crippen molar-refractivity contribution in [2.75, 3.05) is 26.4 Å². The molecule has 0 amide bonds. The van der Waals surface area contributed by atoms with E-state index >= 15 is 0 Å². The summed E-state index contributed by atoms with van der Waals surface area (Å²) in [7, 11) is 0. The highest BCUT2D eigenvalue weighted by Crippen LogP contribution is 2.80. The number of ether oxygens (including phenoxy) is 11. The number of carbonyl (C=O) groups is 3. The summed E-state index contributed by atoms with van der Waals surface area (Å²) in [5.41, 5.74) is -0.603. The van der Waals surface area contributed by atoms with Crippen LogP contribution in [0.15, 0.2) is 23.8 Å². The van der Waals surface area contributed by atoms with Crippen molar-refractivity contribution in [1.29, 1.82) is 0 Å². The molecule has 0 radical (unpaired) electrons. The molecular formula is C54H82O20. The van der Waals surface area contributed by atoms with Crippen LogP contribution in [0.5, 0.6) is 0 Å². The monoisotopic (exact) mass is 1050 g/mol. The van der Waals surface area contributed by atoms with Crippen LogP contribution in [0.4, 0.5) is 0 Å². The largest absolute Gasteiger partial charge is 0.460 e. The number of aliphatic hydroxyl groups excluding tert-OH is 5. The van der Waals surface area contributed by atoms with Crippen LogP contribution in [0.2, 0.25) is 0 Å². The van der Waals surface area contributed by atoms with E-state index in [0.717, 1.165) is 57.1 Å². The predicted octanol–water partition coefficient (Wildman–Crippen LogP) is 2.87. The first-order chi connectivity index (χ1) is 34.7. The molecule has 5 saturated heterocycles. The van der Waals surface area contributed by atoms with E-state index in [0.29, 0.717) is 25.4 Å². The molecule has 20 heteroatoms. The average Bonchev–Trinajstić information content (AvgIpc) is 3.83. The summed E-state index contributed by atoms with van der Waals surface area (Å²) in [5, 5.41) is 67.2. The summed E-state index contributed by atoms with van der Waals surface area (Å²) in [6.07, 6.45) is -10.0. The lowest BCUT2D eigenvalue weighted by molar-refractivity contribution is -0.381. The van der Waals surface area contributed by atoms with Crippen molar-refractivity contribution in [2.24, 2.45) is 45.3 Å². The zero-order valence-corrected chi connectivity index (χ0v) is 44.6. The highest BCUT2D eigenvalue weighted by molar-refractivity contribution is 5.81. The van der Waals surface area contributed by atoms with E-state index in [2.05, 4.69) is 47.6 Å². The molecule has 9 fully saturated rings. The van der Waals surface area contributed by atoms with Crippen molar-refractivity contribution in [2.45, 2.75) is 224 Å². The number of hydrogen-bond donors (Lipinski definition) is 6. The molecule has 4 aliphatic carbocycles. The molecule has 20 nitrogen and oxygen atoms in total. The van der Waals surface area contributed by atoms with Crippen molar-refractivity contribution in [3.05, 3.63) is 23.8 Å². The lowest BCUT2D eigenvalue weighted by Gasteiger charge is -2.70. The molecule has 4 saturated carbocycles. The quantitative estimate of drug-likeness (QED) is 0.0539. The van der Waals surface area contributed by atoms with Crippen molar-refractivity contribution in [3.8, 4) is 0 Å². The van der Waals surface area contributed by atoms with Gasteiger partial charge in [-0.1, -0.05) is 45.4 Å². The first-order valence-corrected chi connectivity index (χ1v) is 26.8. The predicted molar refractivity (Wildman–Crippen MR) is 257 cm³/mol. The zero-order valence-electron chi connectivity index (χ0n) is 44.6. The van der Waals surface area contributed by atoms with Gasteiger partial charge in [0.15, 0.2) is 43.0 Å². The Bertz CT molecular complexity index is 2150. The van der Waals surface area contributed by atoms with Gasteiger partial charge in [0.1, 0.15) is 49.3 Å². The van der Waals surface area contributed by atoms with Gasteiger partial charge < -0.3 is 82.7 Å². The van der Waals surface area contributed by atoms with Crippen LogP contribution >= 0.6 is 0 Å². The molecule has 0 aromatic heterocycles. The molecule has 5 heterocycles. The topological polar surface area (TPSA) is 274 Å². The summed E-state index contributed by atoms with van der Waals surface area (Å²) >= 11 is 0. The summed E-state index contributed by atoms with van der Waals surface area (Å²) in [5.74, 6) is -2.54. The van der Waals surface area contributed by atoms with E-state index in [-0.39, 0.29) is 46.7 Å². The Kier molecular flexibility index (Phi) is 15.6. The Balaban J connectivity index is 0.965. The molecule has 0 unspecified atom stereocenters. The Morgan fingerprint density at radius 3 is 2.08 bits per heavy atom. The standard InChI is InChI=1S/C54H82O20/c1-11-12-37(59)64-23-33-39(61)42(68-27(4)55)44(73-46-40(62)38(60)31(57)21-65-46)48(70-33)72-41-32(58)22-66-47(43(41)69-28(5)56)71-36-16-17-50(8)34(49(36,6)7)15-18-51(9)35(50)14-13-30-45-52(10,63)20-29(19-26(2)3)74-54(45)24-53(30,51)25-67-54/h11-12,19,29-36,38-48,57-58,60-63H,13-18,20-25H2,1-10H3/b12-11+/t29-,30+,31+,32-,33+,34-,35+,36-,38-,39+,40+,41-,42-,43+,44+,45-,46-,47-,48-,50-,51+,52-,53-,54-/m0/s1. The van der Waals surface area contributed by atoms with Crippen LogP contribution in [0.1, 0.15) is 121 Å². The lowest BCUT2D eigenvalue weighted by Crippen LogP contribution is -2.68. The fraction of sp³-hybridized carbons (Fsp3) is 0.870. The molecule has 5 aliphatic heterocycles. The third kappa shape index (κ3) is 9.53. The summed E-state index contributed by atoms with van der Waals surface area (Å²) in [6, 6.07) is 0. The number of esters is 3. The number of carbonyl (C=O) groups excluding carboxylic acids is 3. The number of allylic oxidation sites excluding steroid dienone is 2. The summed E-state index contributed by atoms with van der Waals surface area (Å²) in [4.78, 5) is 38.1. The minimum absolute atomic E-state index is 0.0897. The van der Waals surface area contributed by atoms with Gasteiger partial charge >= 0.3 is 17.9 Å². The Labute approximate surface area is 433 Å². The van der Waals surface area contributed by atoms with Crippen LogP contribution in [-0.2, 0) is 66.5 Å². The zero-order chi connectivity index (χ0) is 53.7. The molecule has 2 spiro atoms. The SMILES string of the molecule is C/C=C/C(=O)OC[C@H]1O[C@@H](O[C@@H]2[C@@H](OC(C)=O)[C@H](O[C@H]3CC[C@]4(C)[C@H]5CC[C@@H]6[C@@H]7[C@]8(C[C@@]6(CO8)[C@]5(C)CC[C@H]4C3(C)C)O[C@@H](C=C(C)C)C[C@]7(C)O)OC[C@@H]2O)[C@H](O[C@@H]2OC[C@@H](O)[C@H](O)[C@H]2O)[C@@H](OC(C)=O)[C@@H]1O. The number of fused-ring (bicyclic) bond motifs is 4. The van der Waals surface area contributed by atoms with Gasteiger partial charge in [-0.05, 0) is 100 Å². The van der Waals surface area contributed by atoms with E-state index in [1.807, 2.05) is 6.92 Å². The van der Waals surface area contributed by atoms with Crippen molar-refractivity contribution in [3.63, 3.8) is 0 Å². The van der Waals surface area contributed by atoms with Gasteiger partial charge in [0.05, 0.1) is 37.6 Å². The van der Waals surface area contributed by atoms with Gasteiger partial charge in [-0.25, -0.2) is 4.79 Å². The maximum Gasteiger partial charge on any atom is 0.330 e. The second kappa shape index (κ2) is 20.5. The van der Waals surface area contributed by atoms with E-state index in [9.17, 15) is 45.0 Å². The van der Waals surface area contributed by atoms with Crippen LogP contribution < -0.4 is 0 Å².